The molecule has 1 saturated heterocycles. The van der Waals surface area contributed by atoms with E-state index in [1.165, 1.54) is 12.5 Å². The molecule has 0 aliphatic carbocycles. The van der Waals surface area contributed by atoms with Crippen LogP contribution < -0.4 is 0 Å². The van der Waals surface area contributed by atoms with Crippen LogP contribution in [0.15, 0.2) is 24.4 Å². The number of rotatable bonds is 2. The van der Waals surface area contributed by atoms with Gasteiger partial charge in [-0.15, -0.1) is 0 Å². The Kier molecular flexibility index (Phi) is 2.54. The Labute approximate surface area is 64.0 Å². The van der Waals surface area contributed by atoms with Crippen LogP contribution in [0.5, 0.6) is 0 Å². The Morgan fingerprint density at radius 3 is 3.00 bits per heavy atom. The van der Waals surface area contributed by atoms with Crippen molar-refractivity contribution in [3.8, 4) is 0 Å². The van der Waals surface area contributed by atoms with Crippen molar-refractivity contribution in [2.45, 2.75) is 6.92 Å². The van der Waals surface area contributed by atoms with Crippen molar-refractivity contribution >= 4 is 6.16 Å². The topological polar surface area (TPSA) is 44.8 Å². The highest BCUT2D eigenvalue weighted by Gasteiger charge is 2.18. The van der Waals surface area contributed by atoms with Crippen LogP contribution in [0.3, 0.4) is 0 Å². The van der Waals surface area contributed by atoms with Crippen LogP contribution in [0.2, 0.25) is 0 Å². The Morgan fingerprint density at radius 2 is 2.45 bits per heavy atom. The zero-order valence-electron chi connectivity index (χ0n) is 6.07. The fourth-order valence-corrected chi connectivity index (χ4v) is 0.548. The summed E-state index contributed by atoms with van der Waals surface area (Å²) in [6.07, 6.45) is 3.83. The lowest BCUT2D eigenvalue weighted by atomic mass is 10.6. The molecular weight excluding hydrogens is 148 g/mol. The molecule has 0 atom stereocenters. The summed E-state index contributed by atoms with van der Waals surface area (Å²) in [6, 6.07) is 0. The first-order chi connectivity index (χ1) is 5.33. The van der Waals surface area contributed by atoms with Gasteiger partial charge in [0.25, 0.3) is 0 Å². The maximum atomic E-state index is 10.3. The highest BCUT2D eigenvalue weighted by Crippen LogP contribution is 2.09. The standard InChI is InChI=1S/C7H8O4/c1-2-3-9-4-6-5-10-7(8)11-6/h2-4H,5H2,1H3. The summed E-state index contributed by atoms with van der Waals surface area (Å²) in [6.45, 7) is 1.96. The summed E-state index contributed by atoms with van der Waals surface area (Å²) in [5.74, 6) is 0.383. The van der Waals surface area contributed by atoms with Gasteiger partial charge in [-0.2, -0.15) is 0 Å². The Bertz CT molecular complexity index is 204. The lowest BCUT2D eigenvalue weighted by Crippen LogP contribution is -1.88. The first-order valence-electron chi connectivity index (χ1n) is 3.13. The van der Waals surface area contributed by atoms with Crippen molar-refractivity contribution in [3.63, 3.8) is 0 Å². The van der Waals surface area contributed by atoms with Crippen molar-refractivity contribution in [3.05, 3.63) is 24.4 Å². The van der Waals surface area contributed by atoms with E-state index in [-0.39, 0.29) is 6.61 Å². The fraction of sp³-hybridized carbons (Fsp3) is 0.286. The molecule has 1 aliphatic heterocycles. The third kappa shape index (κ3) is 2.33. The quantitative estimate of drug-likeness (QED) is 0.449. The number of allylic oxidation sites excluding steroid dienone is 1. The smallest absolute Gasteiger partial charge is 0.469 e. The third-order valence-corrected chi connectivity index (χ3v) is 0.961. The molecule has 0 aromatic heterocycles. The molecule has 0 spiro atoms. The van der Waals surface area contributed by atoms with Crippen molar-refractivity contribution in [2.24, 2.45) is 0 Å². The molecule has 60 valence electrons. The number of cyclic esters (lactones) is 2. The average molecular weight is 156 g/mol. The molecule has 0 aromatic rings. The second-order valence-electron chi connectivity index (χ2n) is 1.83. The summed E-state index contributed by atoms with van der Waals surface area (Å²) in [5.41, 5.74) is 0. The summed E-state index contributed by atoms with van der Waals surface area (Å²) in [4.78, 5) is 10.3. The van der Waals surface area contributed by atoms with Crippen molar-refractivity contribution in [1.82, 2.24) is 0 Å². The van der Waals surface area contributed by atoms with Gasteiger partial charge in [-0.05, 0) is 6.92 Å². The van der Waals surface area contributed by atoms with E-state index in [4.69, 9.17) is 4.74 Å². The van der Waals surface area contributed by atoms with E-state index in [2.05, 4.69) is 9.47 Å². The SMILES string of the molecule is CC=COC=C1COC(=O)O1. The normalized spacial score (nSPS) is 20.5. The molecule has 1 rings (SSSR count). The number of carbonyl (C=O) groups is 1. The van der Waals surface area contributed by atoms with Gasteiger partial charge < -0.3 is 14.2 Å². The third-order valence-electron chi connectivity index (χ3n) is 0.961. The van der Waals surface area contributed by atoms with Crippen molar-refractivity contribution in [2.75, 3.05) is 6.61 Å². The van der Waals surface area contributed by atoms with Gasteiger partial charge in [0.1, 0.15) is 6.26 Å². The average Bonchev–Trinajstić information content (AvgIpc) is 2.37. The van der Waals surface area contributed by atoms with E-state index in [1.54, 1.807) is 6.08 Å². The zero-order valence-corrected chi connectivity index (χ0v) is 6.07. The zero-order chi connectivity index (χ0) is 8.10. The van der Waals surface area contributed by atoms with Gasteiger partial charge in [0, 0.05) is 0 Å². The Balaban J connectivity index is 2.36. The number of ether oxygens (including phenoxy) is 3. The van der Waals surface area contributed by atoms with Gasteiger partial charge in [-0.1, -0.05) is 6.08 Å². The van der Waals surface area contributed by atoms with E-state index in [0.717, 1.165) is 0 Å². The van der Waals surface area contributed by atoms with Crippen molar-refractivity contribution in [1.29, 1.82) is 0 Å². The van der Waals surface area contributed by atoms with Crippen LogP contribution >= 0.6 is 0 Å². The lowest BCUT2D eigenvalue weighted by molar-refractivity contribution is 0.135. The monoisotopic (exact) mass is 156 g/mol. The van der Waals surface area contributed by atoms with Gasteiger partial charge in [0.05, 0.1) is 6.26 Å². The van der Waals surface area contributed by atoms with Crippen LogP contribution in [0.1, 0.15) is 6.92 Å². The number of hydrogen-bond donors (Lipinski definition) is 0. The molecule has 1 aliphatic rings. The van der Waals surface area contributed by atoms with Gasteiger partial charge in [-0.3, -0.25) is 0 Å². The molecule has 0 N–H and O–H groups in total. The first-order valence-corrected chi connectivity index (χ1v) is 3.13. The lowest BCUT2D eigenvalue weighted by Gasteiger charge is -1.90. The van der Waals surface area contributed by atoms with Gasteiger partial charge in [0.2, 0.25) is 0 Å². The predicted molar refractivity (Wildman–Crippen MR) is 36.4 cm³/mol. The highest BCUT2D eigenvalue weighted by molar-refractivity contribution is 5.63. The number of hydrogen-bond acceptors (Lipinski definition) is 4. The maximum absolute atomic E-state index is 10.3. The van der Waals surface area contributed by atoms with Crippen LogP contribution in [-0.4, -0.2) is 12.8 Å². The van der Waals surface area contributed by atoms with Gasteiger partial charge in [-0.25, -0.2) is 4.79 Å². The minimum atomic E-state index is -0.680. The molecule has 0 saturated carbocycles. The van der Waals surface area contributed by atoms with E-state index in [0.29, 0.717) is 5.76 Å². The molecule has 11 heavy (non-hydrogen) atoms. The van der Waals surface area contributed by atoms with Gasteiger partial charge >= 0.3 is 6.16 Å². The molecular formula is C7H8O4. The van der Waals surface area contributed by atoms with Crippen molar-refractivity contribution < 1.29 is 19.0 Å². The molecule has 0 radical (unpaired) electrons. The summed E-state index contributed by atoms with van der Waals surface area (Å²) in [7, 11) is 0. The van der Waals surface area contributed by atoms with Gasteiger partial charge in [0.15, 0.2) is 12.4 Å². The Morgan fingerprint density at radius 1 is 1.64 bits per heavy atom. The minimum Gasteiger partial charge on any atom is -0.469 e. The molecule has 4 heteroatoms. The van der Waals surface area contributed by atoms with Crippen LogP contribution in [0, 0.1) is 0 Å². The summed E-state index contributed by atoms with van der Waals surface area (Å²) in [5, 5.41) is 0. The number of carbonyl (C=O) groups excluding carboxylic acids is 1. The van der Waals surface area contributed by atoms with Crippen LogP contribution in [0.4, 0.5) is 4.79 Å². The second-order valence-corrected chi connectivity index (χ2v) is 1.83. The molecule has 1 heterocycles. The minimum absolute atomic E-state index is 0.149. The van der Waals surface area contributed by atoms with Crippen LogP contribution in [-0.2, 0) is 14.2 Å². The molecule has 1 fully saturated rings. The largest absolute Gasteiger partial charge is 0.514 e. The molecule has 4 nitrogen and oxygen atoms in total. The molecule has 0 aromatic carbocycles. The first kappa shape index (κ1) is 7.65. The molecule has 0 amide bonds. The highest BCUT2D eigenvalue weighted by atomic mass is 16.8. The molecule has 0 unspecified atom stereocenters. The van der Waals surface area contributed by atoms with E-state index in [1.807, 2.05) is 6.92 Å². The second kappa shape index (κ2) is 3.65. The summed E-state index contributed by atoms with van der Waals surface area (Å²) < 4.78 is 13.8. The fourth-order valence-electron chi connectivity index (χ4n) is 0.548. The maximum Gasteiger partial charge on any atom is 0.514 e. The van der Waals surface area contributed by atoms with Crippen LogP contribution in [0.25, 0.3) is 0 Å². The van der Waals surface area contributed by atoms with E-state index < -0.39 is 6.16 Å². The van der Waals surface area contributed by atoms with E-state index >= 15 is 0 Å². The molecule has 0 bridgehead atoms. The predicted octanol–water partition coefficient (Wildman–Crippen LogP) is 1.54. The Hall–Kier alpha value is -1.45. The summed E-state index contributed by atoms with van der Waals surface area (Å²) >= 11 is 0. The van der Waals surface area contributed by atoms with E-state index in [9.17, 15) is 4.79 Å².